The van der Waals surface area contributed by atoms with E-state index in [4.69, 9.17) is 21.1 Å². The van der Waals surface area contributed by atoms with Crippen molar-refractivity contribution in [3.8, 4) is 0 Å². The lowest BCUT2D eigenvalue weighted by Gasteiger charge is -2.35. The normalized spacial score (nSPS) is 37.4. The maximum absolute atomic E-state index is 11.9. The van der Waals surface area contributed by atoms with Crippen LogP contribution in [0, 0.1) is 5.92 Å². The van der Waals surface area contributed by atoms with Crippen LogP contribution >= 0.6 is 11.6 Å². The monoisotopic (exact) mass is 270 g/mol. The molecule has 5 heteroatoms. The topological polar surface area (TPSA) is 52.6 Å². The number of ketones is 1. The first kappa shape index (κ1) is 13.3. The van der Waals surface area contributed by atoms with Crippen LogP contribution in [0.15, 0.2) is 22.8 Å². The van der Waals surface area contributed by atoms with E-state index in [1.807, 2.05) is 6.92 Å². The van der Waals surface area contributed by atoms with Crippen LogP contribution in [0.4, 0.5) is 0 Å². The molecule has 2 rings (SSSR count). The van der Waals surface area contributed by atoms with Crippen molar-refractivity contribution in [2.75, 3.05) is 6.61 Å². The van der Waals surface area contributed by atoms with E-state index in [2.05, 4.69) is 0 Å². The second kappa shape index (κ2) is 4.52. The predicted molar refractivity (Wildman–Crippen MR) is 66.1 cm³/mol. The van der Waals surface area contributed by atoms with Crippen LogP contribution in [0.5, 0.6) is 0 Å². The number of halogens is 1. The van der Waals surface area contributed by atoms with Crippen molar-refractivity contribution < 1.29 is 19.1 Å². The SMILES string of the molecule is CC(=O)O[C@@H]1C(=O)C=C[C@@]2(C)OC/C(=C(/C)Cl)[C@@H]12. The number of fused-ring (bicyclic) bond motifs is 1. The van der Waals surface area contributed by atoms with Crippen LogP contribution in [0.25, 0.3) is 0 Å². The fourth-order valence-corrected chi connectivity index (χ4v) is 2.69. The summed E-state index contributed by atoms with van der Waals surface area (Å²) in [6.45, 7) is 5.26. The Bertz CT molecular complexity index is 462. The van der Waals surface area contributed by atoms with Gasteiger partial charge >= 0.3 is 5.97 Å². The molecule has 98 valence electrons. The number of carbonyl (C=O) groups is 2. The van der Waals surface area contributed by atoms with Gasteiger partial charge < -0.3 is 9.47 Å². The molecule has 1 aliphatic heterocycles. The van der Waals surface area contributed by atoms with E-state index in [0.29, 0.717) is 11.6 Å². The molecule has 0 aromatic heterocycles. The Morgan fingerprint density at radius 2 is 2.22 bits per heavy atom. The van der Waals surface area contributed by atoms with Gasteiger partial charge in [0.1, 0.15) is 0 Å². The molecule has 0 radical (unpaired) electrons. The molecular weight excluding hydrogens is 256 g/mol. The molecule has 0 bridgehead atoms. The summed E-state index contributed by atoms with van der Waals surface area (Å²) in [4.78, 5) is 23.0. The average Bonchev–Trinajstić information content (AvgIpc) is 2.61. The number of hydrogen-bond acceptors (Lipinski definition) is 4. The fraction of sp³-hybridized carbons (Fsp3) is 0.538. The summed E-state index contributed by atoms with van der Waals surface area (Å²) in [5.74, 6) is -1.05. The highest BCUT2D eigenvalue weighted by Crippen LogP contribution is 2.44. The molecule has 3 atom stereocenters. The van der Waals surface area contributed by atoms with Crippen LogP contribution < -0.4 is 0 Å². The zero-order valence-corrected chi connectivity index (χ0v) is 11.3. The van der Waals surface area contributed by atoms with Gasteiger partial charge in [-0.1, -0.05) is 11.6 Å². The zero-order valence-electron chi connectivity index (χ0n) is 10.5. The first-order valence-corrected chi connectivity index (χ1v) is 6.12. The van der Waals surface area contributed by atoms with Gasteiger partial charge in [-0.25, -0.2) is 0 Å². The van der Waals surface area contributed by atoms with Crippen molar-refractivity contribution in [1.29, 1.82) is 0 Å². The second-order valence-electron chi connectivity index (χ2n) is 4.77. The average molecular weight is 271 g/mol. The van der Waals surface area contributed by atoms with Gasteiger partial charge in [0.2, 0.25) is 0 Å². The van der Waals surface area contributed by atoms with Gasteiger partial charge in [-0.2, -0.15) is 0 Å². The van der Waals surface area contributed by atoms with Gasteiger partial charge in [-0.3, -0.25) is 9.59 Å². The Morgan fingerprint density at radius 1 is 1.56 bits per heavy atom. The van der Waals surface area contributed by atoms with Gasteiger partial charge in [-0.05, 0) is 31.6 Å². The van der Waals surface area contributed by atoms with E-state index in [0.717, 1.165) is 5.57 Å². The third-order valence-corrected chi connectivity index (χ3v) is 3.67. The number of esters is 1. The predicted octanol–water partition coefficient (Wildman–Crippen LogP) is 1.97. The third kappa shape index (κ3) is 2.10. The lowest BCUT2D eigenvalue weighted by atomic mass is 9.76. The van der Waals surface area contributed by atoms with Gasteiger partial charge in [0.05, 0.1) is 18.1 Å². The van der Waals surface area contributed by atoms with Crippen LogP contribution in [0.1, 0.15) is 20.8 Å². The number of carbonyl (C=O) groups excluding carboxylic acids is 2. The van der Waals surface area contributed by atoms with E-state index in [9.17, 15) is 9.59 Å². The number of hydrogen-bond donors (Lipinski definition) is 0. The second-order valence-corrected chi connectivity index (χ2v) is 5.34. The van der Waals surface area contributed by atoms with Crippen molar-refractivity contribution in [3.05, 3.63) is 22.8 Å². The van der Waals surface area contributed by atoms with E-state index in [-0.39, 0.29) is 11.7 Å². The van der Waals surface area contributed by atoms with Crippen molar-refractivity contribution >= 4 is 23.4 Å². The third-order valence-electron chi connectivity index (χ3n) is 3.43. The highest BCUT2D eigenvalue weighted by Gasteiger charge is 2.52. The largest absolute Gasteiger partial charge is 0.453 e. The van der Waals surface area contributed by atoms with Crippen LogP contribution in [0.3, 0.4) is 0 Å². The Morgan fingerprint density at radius 3 is 2.78 bits per heavy atom. The molecule has 1 saturated heterocycles. The van der Waals surface area contributed by atoms with E-state index in [1.54, 1.807) is 13.0 Å². The van der Waals surface area contributed by atoms with Gasteiger partial charge in [0, 0.05) is 12.0 Å². The van der Waals surface area contributed by atoms with Crippen molar-refractivity contribution in [3.63, 3.8) is 0 Å². The molecule has 0 N–H and O–H groups in total. The standard InChI is InChI=1S/C13H15ClO4/c1-7(14)9-6-17-13(3)5-4-10(16)12(11(9)13)18-8(2)15/h4-5,11-12H,6H2,1-3H3/b9-7+/t11-,12+,13+/m0/s1. The minimum Gasteiger partial charge on any atom is -0.453 e. The zero-order chi connectivity index (χ0) is 13.5. The van der Waals surface area contributed by atoms with Crippen molar-refractivity contribution in [2.45, 2.75) is 32.5 Å². The highest BCUT2D eigenvalue weighted by molar-refractivity contribution is 6.29. The summed E-state index contributed by atoms with van der Waals surface area (Å²) in [6, 6.07) is 0. The molecular formula is C13H15ClO4. The van der Waals surface area contributed by atoms with Crippen molar-refractivity contribution in [2.24, 2.45) is 5.92 Å². The number of rotatable bonds is 1. The summed E-state index contributed by atoms with van der Waals surface area (Å²) in [5, 5.41) is 0.587. The van der Waals surface area contributed by atoms with Gasteiger partial charge in [0.15, 0.2) is 11.9 Å². The molecule has 0 amide bonds. The Kier molecular flexibility index (Phi) is 3.34. The summed E-state index contributed by atoms with van der Waals surface area (Å²) < 4.78 is 10.9. The molecule has 0 saturated carbocycles. The fourth-order valence-electron chi connectivity index (χ4n) is 2.52. The molecule has 4 nitrogen and oxygen atoms in total. The minimum absolute atomic E-state index is 0.228. The highest BCUT2D eigenvalue weighted by atomic mass is 35.5. The first-order valence-electron chi connectivity index (χ1n) is 5.74. The van der Waals surface area contributed by atoms with Crippen molar-refractivity contribution in [1.82, 2.24) is 0 Å². The van der Waals surface area contributed by atoms with E-state index in [1.165, 1.54) is 13.0 Å². The Hall–Kier alpha value is -1.13. The quantitative estimate of drug-likeness (QED) is 0.684. The molecule has 0 unspecified atom stereocenters. The van der Waals surface area contributed by atoms with Gasteiger partial charge in [-0.15, -0.1) is 0 Å². The summed E-state index contributed by atoms with van der Waals surface area (Å²) in [6.07, 6.45) is 2.28. The van der Waals surface area contributed by atoms with Crippen LogP contribution in [-0.2, 0) is 19.1 Å². The molecule has 2 aliphatic rings. The molecule has 0 aromatic rings. The first-order chi connectivity index (χ1) is 8.35. The maximum atomic E-state index is 11.9. The van der Waals surface area contributed by atoms with E-state index < -0.39 is 17.7 Å². The molecule has 0 spiro atoms. The van der Waals surface area contributed by atoms with Gasteiger partial charge in [0.25, 0.3) is 0 Å². The molecule has 1 heterocycles. The smallest absolute Gasteiger partial charge is 0.303 e. The minimum atomic E-state index is -0.844. The van der Waals surface area contributed by atoms with E-state index >= 15 is 0 Å². The van der Waals surface area contributed by atoms with Crippen LogP contribution in [-0.4, -0.2) is 30.1 Å². The Balaban J connectivity index is 2.45. The molecule has 1 fully saturated rings. The summed E-state index contributed by atoms with van der Waals surface area (Å²) in [5.41, 5.74) is 0.183. The number of ether oxygens (including phenoxy) is 2. The molecule has 1 aliphatic carbocycles. The summed E-state index contributed by atoms with van der Waals surface area (Å²) in [7, 11) is 0. The summed E-state index contributed by atoms with van der Waals surface area (Å²) >= 11 is 6.04. The Labute approximate surface area is 111 Å². The molecule has 18 heavy (non-hydrogen) atoms. The maximum Gasteiger partial charge on any atom is 0.303 e. The number of allylic oxidation sites excluding steroid dienone is 1. The molecule has 0 aromatic carbocycles. The van der Waals surface area contributed by atoms with Crippen LogP contribution in [0.2, 0.25) is 0 Å². The lowest BCUT2D eigenvalue weighted by molar-refractivity contribution is -0.157. The lowest BCUT2D eigenvalue weighted by Crippen LogP contribution is -2.47.